The largest absolute Gasteiger partial charge is 0.790 e. The zero-order chi connectivity index (χ0) is 23.4. The third kappa shape index (κ3) is 17.2. The molecule has 0 radical (unpaired) electrons. The van der Waals surface area contributed by atoms with Crippen LogP contribution in [-0.4, -0.2) is 6.61 Å². The molecule has 1 unspecified atom stereocenters. The molecule has 0 spiro atoms. The molecule has 0 aliphatic rings. The smallest absolute Gasteiger partial charge is 0.272 e. The summed E-state index contributed by atoms with van der Waals surface area (Å²) in [6, 6.07) is 0. The minimum atomic E-state index is -5.70. The quantitative estimate of drug-likeness (QED) is 0.252. The van der Waals surface area contributed by atoms with E-state index in [9.17, 15) is 23.8 Å². The summed E-state index contributed by atoms with van der Waals surface area (Å²) in [5, 5.41) is 0.113. The Kier molecular flexibility index (Phi) is 14.3. The van der Waals surface area contributed by atoms with E-state index in [1.807, 2.05) is 0 Å². The van der Waals surface area contributed by atoms with E-state index in [4.69, 9.17) is 11.6 Å². The molecule has 0 bridgehead atoms. The Morgan fingerprint density at radius 2 is 1.30 bits per heavy atom. The van der Waals surface area contributed by atoms with Crippen molar-refractivity contribution in [2.24, 2.45) is 0 Å². The van der Waals surface area contributed by atoms with Gasteiger partial charge in [-0.15, -0.1) is 0 Å². The number of hydrogen-bond acceptors (Lipinski definition) is 7. The second kappa shape index (κ2) is 14.5. The summed E-state index contributed by atoms with van der Waals surface area (Å²) in [7, 11) is -11.0. The lowest BCUT2D eigenvalue weighted by molar-refractivity contribution is -0.339. The van der Waals surface area contributed by atoms with E-state index in [0.717, 1.165) is 32.1 Å². The van der Waals surface area contributed by atoms with E-state index >= 15 is 0 Å². The zero-order valence-corrected chi connectivity index (χ0v) is 20.9. The Morgan fingerprint density at radius 3 is 1.77 bits per heavy atom. The molecule has 10 heteroatoms. The van der Waals surface area contributed by atoms with Crippen molar-refractivity contribution in [3.8, 4) is 0 Å². The molecule has 174 valence electrons. The Balaban J connectivity index is 4.40. The molecule has 0 heterocycles. The maximum atomic E-state index is 11.2. The monoisotopic (exact) mass is 481 g/mol. The van der Waals surface area contributed by atoms with E-state index in [0.29, 0.717) is 12.0 Å². The molecule has 0 aromatic carbocycles. The molecule has 0 aliphatic carbocycles. The fraction of sp³-hybridized carbons (Fsp3) is 0.600. The van der Waals surface area contributed by atoms with Crippen LogP contribution < -0.4 is 14.7 Å². The van der Waals surface area contributed by atoms with Crippen LogP contribution in [0.4, 0.5) is 0 Å². The summed E-state index contributed by atoms with van der Waals surface area (Å²) in [5.74, 6) is 0. The van der Waals surface area contributed by atoms with Gasteiger partial charge < -0.3 is 23.8 Å². The summed E-state index contributed by atoms with van der Waals surface area (Å²) in [6.07, 6.45) is 12.0. The maximum absolute atomic E-state index is 11.2. The highest BCUT2D eigenvalue weighted by molar-refractivity contribution is 7.58. The topological polar surface area (TPSA) is 122 Å². The van der Waals surface area contributed by atoms with Gasteiger partial charge in [0.05, 0.1) is 14.4 Å². The van der Waals surface area contributed by atoms with Gasteiger partial charge in [-0.1, -0.05) is 52.1 Å². The molecular weight excluding hydrogens is 450 g/mol. The molecule has 0 N–H and O–H groups in total. The molecule has 0 saturated carbocycles. The van der Waals surface area contributed by atoms with Gasteiger partial charge in [-0.3, -0.25) is 8.88 Å². The van der Waals surface area contributed by atoms with Crippen molar-refractivity contribution in [2.45, 2.75) is 73.1 Å². The van der Waals surface area contributed by atoms with E-state index in [-0.39, 0.29) is 5.03 Å². The maximum Gasteiger partial charge on any atom is 0.272 e. The van der Waals surface area contributed by atoms with Crippen LogP contribution in [0.3, 0.4) is 0 Å². The molecule has 0 aromatic heterocycles. The van der Waals surface area contributed by atoms with Crippen LogP contribution in [0.2, 0.25) is 0 Å². The molecule has 0 saturated heterocycles. The van der Waals surface area contributed by atoms with Gasteiger partial charge in [0.2, 0.25) is 0 Å². The van der Waals surface area contributed by atoms with Gasteiger partial charge in [-0.05, 0) is 73.1 Å². The molecule has 30 heavy (non-hydrogen) atoms. The Bertz CT molecular complexity index is 759. The Morgan fingerprint density at radius 1 is 0.833 bits per heavy atom. The van der Waals surface area contributed by atoms with Crippen molar-refractivity contribution in [3.05, 3.63) is 45.6 Å². The minimum Gasteiger partial charge on any atom is -0.790 e. The highest BCUT2D eigenvalue weighted by Gasteiger charge is 2.13. The van der Waals surface area contributed by atoms with Gasteiger partial charge >= 0.3 is 0 Å². The highest BCUT2D eigenvalue weighted by Crippen LogP contribution is 2.50. The van der Waals surface area contributed by atoms with Crippen molar-refractivity contribution in [1.82, 2.24) is 0 Å². The standard InChI is InChI=1S/C20H35ClO7P2/c1-16(2)9-6-10-17(3)11-7-12-18(4)13-8-14-19(5)20(21)15-27-30(25,26)28-29(22,23)24/h9,11,13H,6-8,10,12,14-15H2,1-5H3,(H,25,26)(H2,22,23,24)/p-3/b17-11+,18-13+,20-19-. The van der Waals surface area contributed by atoms with Gasteiger partial charge in [0.15, 0.2) is 0 Å². The van der Waals surface area contributed by atoms with Crippen LogP contribution in [0.25, 0.3) is 0 Å². The fourth-order valence-electron chi connectivity index (χ4n) is 2.41. The van der Waals surface area contributed by atoms with Crippen molar-refractivity contribution in [2.75, 3.05) is 6.61 Å². The molecule has 1 atom stereocenters. The third-order valence-corrected chi connectivity index (χ3v) is 6.62. The van der Waals surface area contributed by atoms with Crippen LogP contribution in [-0.2, 0) is 18.0 Å². The van der Waals surface area contributed by atoms with Gasteiger partial charge in [0, 0.05) is 5.03 Å². The van der Waals surface area contributed by atoms with Gasteiger partial charge in [0.25, 0.3) is 7.82 Å². The van der Waals surface area contributed by atoms with Crippen LogP contribution in [0.1, 0.15) is 73.1 Å². The second-order valence-corrected chi connectivity index (χ2v) is 10.6. The van der Waals surface area contributed by atoms with E-state index in [1.54, 1.807) is 6.92 Å². The summed E-state index contributed by atoms with van der Waals surface area (Å²) in [6.45, 7) is 9.54. The number of phosphoric ester groups is 1. The lowest BCUT2D eigenvalue weighted by atomic mass is 10.0. The first-order valence-electron chi connectivity index (χ1n) is 9.69. The van der Waals surface area contributed by atoms with Crippen molar-refractivity contribution in [1.29, 1.82) is 0 Å². The predicted molar refractivity (Wildman–Crippen MR) is 115 cm³/mol. The first-order valence-corrected chi connectivity index (χ1v) is 13.0. The molecule has 0 aromatic rings. The third-order valence-electron chi connectivity index (χ3n) is 4.15. The fourth-order valence-corrected chi connectivity index (χ4v) is 4.10. The normalized spacial score (nSPS) is 16.2. The first kappa shape index (κ1) is 29.5. The molecule has 0 rings (SSSR count). The second-order valence-electron chi connectivity index (χ2n) is 7.43. The first-order chi connectivity index (χ1) is 13.7. The number of allylic oxidation sites excluding steroid dienone is 7. The van der Waals surface area contributed by atoms with Crippen LogP contribution in [0.5, 0.6) is 0 Å². The summed E-state index contributed by atoms with van der Waals surface area (Å²) < 4.78 is 29.3. The molecule has 7 nitrogen and oxygen atoms in total. The predicted octanol–water partition coefficient (Wildman–Crippen LogP) is 5.03. The van der Waals surface area contributed by atoms with E-state index in [2.05, 4.69) is 54.8 Å². The number of hydrogen-bond donors (Lipinski definition) is 0. The van der Waals surface area contributed by atoms with E-state index in [1.165, 1.54) is 16.7 Å². The van der Waals surface area contributed by atoms with Crippen LogP contribution in [0.15, 0.2) is 45.6 Å². The van der Waals surface area contributed by atoms with Gasteiger partial charge in [0.1, 0.15) is 0 Å². The molecule has 0 aliphatic heterocycles. The Hall–Kier alpha value is -0.490. The van der Waals surface area contributed by atoms with Gasteiger partial charge in [-0.25, -0.2) is 0 Å². The zero-order valence-electron chi connectivity index (χ0n) is 18.3. The number of rotatable bonds is 14. The molecular formula is C20H32ClO7P2-3. The lowest BCUT2D eigenvalue weighted by Gasteiger charge is -2.35. The van der Waals surface area contributed by atoms with Crippen molar-refractivity contribution in [3.63, 3.8) is 0 Å². The lowest BCUT2D eigenvalue weighted by Crippen LogP contribution is -2.19. The van der Waals surface area contributed by atoms with Crippen molar-refractivity contribution >= 4 is 27.2 Å². The Labute approximate surface area is 185 Å². The average molecular weight is 482 g/mol. The minimum absolute atomic E-state index is 0.113. The van der Waals surface area contributed by atoms with Crippen LogP contribution >= 0.6 is 27.2 Å². The van der Waals surface area contributed by atoms with Gasteiger partial charge in [-0.2, -0.15) is 0 Å². The van der Waals surface area contributed by atoms with E-state index < -0.39 is 22.3 Å². The SMILES string of the molecule is CC(C)=CCC/C(C)=C/CC/C(C)=C/CC/C(C)=C(\Cl)COP(=O)([O-])OP(=O)([O-])[O-]. The average Bonchev–Trinajstić information content (AvgIpc) is 2.57. The molecule has 0 fully saturated rings. The molecule has 0 amide bonds. The summed E-state index contributed by atoms with van der Waals surface area (Å²) in [4.78, 5) is 31.9. The summed E-state index contributed by atoms with van der Waals surface area (Å²) in [5.41, 5.74) is 4.67. The summed E-state index contributed by atoms with van der Waals surface area (Å²) >= 11 is 5.98. The number of phosphoric acid groups is 2. The van der Waals surface area contributed by atoms with Crippen LogP contribution in [0, 0.1) is 0 Å². The number of halogens is 1. The van der Waals surface area contributed by atoms with Crippen molar-refractivity contribution < 1.29 is 32.6 Å². The highest BCUT2D eigenvalue weighted by atomic mass is 35.5.